The molecule has 0 bridgehead atoms. The number of anilines is 1. The van der Waals surface area contributed by atoms with Gasteiger partial charge in [-0.25, -0.2) is 9.97 Å². The first-order valence-electron chi connectivity index (χ1n) is 6.16. The molecular weight excluding hydrogens is 256 g/mol. The third-order valence-corrected chi connectivity index (χ3v) is 3.23. The van der Waals surface area contributed by atoms with Gasteiger partial charge in [-0.15, -0.1) is 0 Å². The van der Waals surface area contributed by atoms with Gasteiger partial charge in [0.1, 0.15) is 0 Å². The smallest absolute Gasteiger partial charge is 0.189 e. The molecule has 0 amide bonds. The van der Waals surface area contributed by atoms with Gasteiger partial charge in [-0.1, -0.05) is 49.0 Å². The van der Waals surface area contributed by atoms with Gasteiger partial charge in [0, 0.05) is 24.2 Å². The normalized spacial score (nSPS) is 10.8. The highest BCUT2D eigenvalue weighted by molar-refractivity contribution is 7.98. The minimum absolute atomic E-state index is 0.718. The largest absolute Gasteiger partial charge is 0.262 e. The van der Waals surface area contributed by atoms with E-state index in [1.165, 1.54) is 5.56 Å². The number of benzene rings is 1. The minimum atomic E-state index is 0.718. The summed E-state index contributed by atoms with van der Waals surface area (Å²) in [7, 11) is 0. The first-order chi connectivity index (χ1) is 9.38. The maximum atomic E-state index is 4.39. The third-order valence-electron chi connectivity index (χ3n) is 2.30. The van der Waals surface area contributed by atoms with Crippen molar-refractivity contribution in [3.8, 4) is 0 Å². The molecule has 0 radical (unpaired) electrons. The third kappa shape index (κ3) is 4.71. The van der Waals surface area contributed by atoms with Crippen molar-refractivity contribution >= 4 is 23.8 Å². The summed E-state index contributed by atoms with van der Waals surface area (Å²) < 4.78 is 0. The Balaban J connectivity index is 1.93. The Kier molecular flexibility index (Phi) is 5.37. The van der Waals surface area contributed by atoms with Crippen molar-refractivity contribution in [1.82, 2.24) is 9.97 Å². The van der Waals surface area contributed by atoms with Crippen LogP contribution in [0.3, 0.4) is 0 Å². The predicted molar refractivity (Wildman–Crippen MR) is 80.4 cm³/mol. The van der Waals surface area contributed by atoms with E-state index in [4.69, 9.17) is 0 Å². The van der Waals surface area contributed by atoms with Gasteiger partial charge in [-0.05, 0) is 12.0 Å². The van der Waals surface area contributed by atoms with E-state index in [9.17, 15) is 0 Å². The zero-order valence-corrected chi connectivity index (χ0v) is 11.6. The number of nitrogens with zero attached hydrogens (tertiary/aromatic N) is 3. The highest BCUT2D eigenvalue weighted by Gasteiger charge is 2.00. The first kappa shape index (κ1) is 13.5. The second-order valence-electron chi connectivity index (χ2n) is 3.83. The second-order valence-corrected chi connectivity index (χ2v) is 4.77. The van der Waals surface area contributed by atoms with Crippen LogP contribution >= 0.6 is 11.8 Å². The summed E-state index contributed by atoms with van der Waals surface area (Å²) in [5.74, 6) is 1.58. The number of thioether (sulfide) groups is 1. The Hall–Kier alpha value is -1.88. The van der Waals surface area contributed by atoms with Gasteiger partial charge in [0.25, 0.3) is 0 Å². The molecule has 0 fully saturated rings. The van der Waals surface area contributed by atoms with Gasteiger partial charge in [0.15, 0.2) is 11.0 Å². The Bertz CT molecular complexity index is 528. The Morgan fingerprint density at radius 3 is 2.89 bits per heavy atom. The first-order valence-corrected chi connectivity index (χ1v) is 7.14. The average molecular weight is 272 g/mol. The molecule has 1 aromatic heterocycles. The molecule has 0 aliphatic heterocycles. The summed E-state index contributed by atoms with van der Waals surface area (Å²) in [5.41, 5.74) is 4.15. The Morgan fingerprint density at radius 1 is 1.26 bits per heavy atom. The van der Waals surface area contributed by atoms with Crippen molar-refractivity contribution in [2.24, 2.45) is 5.10 Å². The molecular formula is C14H16N4S. The van der Waals surface area contributed by atoms with Crippen molar-refractivity contribution in [2.45, 2.75) is 24.3 Å². The van der Waals surface area contributed by atoms with E-state index in [0.29, 0.717) is 0 Å². The molecule has 1 N–H and O–H groups in total. The van der Waals surface area contributed by atoms with Gasteiger partial charge >= 0.3 is 0 Å². The number of aromatic nitrogens is 2. The summed E-state index contributed by atoms with van der Waals surface area (Å²) in [6.07, 6.45) is 4.44. The molecule has 2 aromatic rings. The van der Waals surface area contributed by atoms with E-state index < -0.39 is 0 Å². The molecule has 1 heterocycles. The topological polar surface area (TPSA) is 50.2 Å². The Morgan fingerprint density at radius 2 is 2.11 bits per heavy atom. The van der Waals surface area contributed by atoms with Crippen LogP contribution < -0.4 is 5.43 Å². The van der Waals surface area contributed by atoms with Gasteiger partial charge in [-0.2, -0.15) is 5.10 Å². The molecule has 5 heteroatoms. The maximum absolute atomic E-state index is 4.39. The monoisotopic (exact) mass is 272 g/mol. The van der Waals surface area contributed by atoms with Crippen LogP contribution in [0.1, 0.15) is 18.9 Å². The van der Waals surface area contributed by atoms with Crippen LogP contribution in [0.5, 0.6) is 0 Å². The number of hydrogen-bond donors (Lipinski definition) is 1. The van der Waals surface area contributed by atoms with Crippen LogP contribution in [-0.4, -0.2) is 16.2 Å². The fourth-order valence-corrected chi connectivity index (χ4v) is 2.18. The molecule has 4 nitrogen and oxygen atoms in total. The summed E-state index contributed by atoms with van der Waals surface area (Å²) in [5, 5.41) is 4.80. The predicted octanol–water partition coefficient (Wildman–Crippen LogP) is 3.58. The molecule has 0 saturated carbocycles. The van der Waals surface area contributed by atoms with Gasteiger partial charge in [0.05, 0.1) is 0 Å². The van der Waals surface area contributed by atoms with Crippen LogP contribution in [0.2, 0.25) is 0 Å². The maximum Gasteiger partial charge on any atom is 0.189 e. The molecule has 98 valence electrons. The minimum Gasteiger partial charge on any atom is -0.262 e. The molecule has 0 saturated heterocycles. The van der Waals surface area contributed by atoms with Crippen molar-refractivity contribution in [1.29, 1.82) is 0 Å². The number of hydrazone groups is 1. The fourth-order valence-electron chi connectivity index (χ4n) is 1.40. The molecule has 19 heavy (non-hydrogen) atoms. The lowest BCUT2D eigenvalue weighted by Crippen LogP contribution is -1.95. The van der Waals surface area contributed by atoms with Crippen molar-refractivity contribution in [2.75, 3.05) is 5.43 Å². The lowest BCUT2D eigenvalue weighted by Gasteiger charge is -2.03. The molecule has 1 aromatic carbocycles. The van der Waals surface area contributed by atoms with E-state index in [1.807, 2.05) is 25.1 Å². The van der Waals surface area contributed by atoms with Crippen LogP contribution in [0.25, 0.3) is 0 Å². The molecule has 0 aliphatic rings. The van der Waals surface area contributed by atoms with Gasteiger partial charge < -0.3 is 0 Å². The van der Waals surface area contributed by atoms with Crippen molar-refractivity contribution in [3.05, 3.63) is 48.2 Å². The van der Waals surface area contributed by atoms with Crippen molar-refractivity contribution < 1.29 is 0 Å². The van der Waals surface area contributed by atoms with Crippen LogP contribution in [0.4, 0.5) is 5.82 Å². The molecule has 0 atom stereocenters. The molecule has 0 spiro atoms. The highest BCUT2D eigenvalue weighted by atomic mass is 32.2. The summed E-state index contributed by atoms with van der Waals surface area (Å²) in [4.78, 5) is 8.63. The zero-order valence-electron chi connectivity index (χ0n) is 10.8. The zero-order chi connectivity index (χ0) is 13.3. The van der Waals surface area contributed by atoms with E-state index in [2.05, 4.69) is 32.6 Å². The molecule has 0 unspecified atom stereocenters. The molecule has 0 aliphatic carbocycles. The Labute approximate surface area is 117 Å². The summed E-state index contributed by atoms with van der Waals surface area (Å²) in [6.45, 7) is 2.03. The fraction of sp³-hybridized carbons (Fsp3) is 0.214. The second kappa shape index (κ2) is 7.53. The average Bonchev–Trinajstić information content (AvgIpc) is 2.47. The van der Waals surface area contributed by atoms with E-state index in [-0.39, 0.29) is 0 Å². The summed E-state index contributed by atoms with van der Waals surface area (Å²) >= 11 is 1.61. The van der Waals surface area contributed by atoms with Gasteiger partial charge in [0.2, 0.25) is 0 Å². The molecule has 2 rings (SSSR count). The number of nitrogens with one attached hydrogen (secondary N) is 1. The quantitative estimate of drug-likeness (QED) is 0.378. The van der Waals surface area contributed by atoms with E-state index in [1.54, 1.807) is 30.2 Å². The highest BCUT2D eigenvalue weighted by Crippen LogP contribution is 2.19. The number of hydrogen-bond acceptors (Lipinski definition) is 5. The lowest BCUT2D eigenvalue weighted by molar-refractivity contribution is 0.962. The number of rotatable bonds is 6. The standard InChI is InChI=1S/C14H16N4S/c1-2-9-16-18-13-8-10-15-14(17-13)19-11-12-6-4-3-5-7-12/h3-10H,2,11H2,1H3,(H,15,17,18). The lowest BCUT2D eigenvalue weighted by atomic mass is 10.2. The van der Waals surface area contributed by atoms with Crippen LogP contribution in [0.15, 0.2) is 52.9 Å². The van der Waals surface area contributed by atoms with Crippen molar-refractivity contribution in [3.63, 3.8) is 0 Å². The van der Waals surface area contributed by atoms with E-state index >= 15 is 0 Å². The van der Waals surface area contributed by atoms with Crippen LogP contribution in [-0.2, 0) is 5.75 Å². The van der Waals surface area contributed by atoms with Gasteiger partial charge in [-0.3, -0.25) is 5.43 Å². The summed E-state index contributed by atoms with van der Waals surface area (Å²) in [6, 6.07) is 12.1. The SMILES string of the molecule is CCC=NNc1ccnc(SCc2ccccc2)n1. The van der Waals surface area contributed by atoms with Crippen LogP contribution in [0, 0.1) is 0 Å². The van der Waals surface area contributed by atoms with E-state index in [0.717, 1.165) is 23.1 Å².